The van der Waals surface area contributed by atoms with Crippen LogP contribution in [-0.2, 0) is 11.3 Å². The topological polar surface area (TPSA) is 72.9 Å². The van der Waals surface area contributed by atoms with Crippen molar-refractivity contribution in [3.8, 4) is 11.5 Å². The van der Waals surface area contributed by atoms with Gasteiger partial charge in [-0.25, -0.2) is 4.79 Å². The number of methoxy groups -OCH3 is 1. The lowest BCUT2D eigenvalue weighted by Crippen LogP contribution is -2.27. The molecule has 3 aromatic rings. The van der Waals surface area contributed by atoms with Crippen LogP contribution in [-0.4, -0.2) is 29.1 Å². The van der Waals surface area contributed by atoms with E-state index >= 15 is 0 Å². The van der Waals surface area contributed by atoms with E-state index in [4.69, 9.17) is 21.1 Å². The number of hydrogen-bond acceptors (Lipinski definition) is 6. The van der Waals surface area contributed by atoms with Gasteiger partial charge >= 0.3 is 5.97 Å². The van der Waals surface area contributed by atoms with Crippen LogP contribution >= 0.6 is 23.4 Å². The summed E-state index contributed by atoms with van der Waals surface area (Å²) >= 11 is 6.75. The Labute approximate surface area is 206 Å². The lowest BCUT2D eigenvalue weighted by Gasteiger charge is -2.13. The number of ether oxygens (including phenoxy) is 2. The van der Waals surface area contributed by atoms with Crippen molar-refractivity contribution in [3.63, 3.8) is 0 Å². The molecule has 3 aromatic carbocycles. The van der Waals surface area contributed by atoms with E-state index in [9.17, 15) is 14.4 Å². The average molecular weight is 494 g/mol. The molecule has 1 fully saturated rings. The first-order valence-corrected chi connectivity index (χ1v) is 11.5. The van der Waals surface area contributed by atoms with E-state index in [-0.39, 0.29) is 23.4 Å². The van der Waals surface area contributed by atoms with Crippen molar-refractivity contribution in [1.82, 2.24) is 4.90 Å². The molecule has 1 aliphatic heterocycles. The highest BCUT2D eigenvalue weighted by Crippen LogP contribution is 2.35. The smallest absolute Gasteiger partial charge is 0.343 e. The van der Waals surface area contributed by atoms with Crippen LogP contribution in [0, 0.1) is 6.92 Å². The summed E-state index contributed by atoms with van der Waals surface area (Å²) in [4.78, 5) is 39.3. The number of thioether (sulfide) groups is 1. The van der Waals surface area contributed by atoms with Crippen LogP contribution in [0.3, 0.4) is 0 Å². The quantitative estimate of drug-likeness (QED) is 0.234. The van der Waals surface area contributed by atoms with Gasteiger partial charge in [0.2, 0.25) is 0 Å². The Morgan fingerprint density at radius 3 is 2.50 bits per heavy atom. The van der Waals surface area contributed by atoms with Crippen LogP contribution in [0.1, 0.15) is 27.0 Å². The molecule has 1 saturated heterocycles. The highest BCUT2D eigenvalue weighted by molar-refractivity contribution is 8.18. The van der Waals surface area contributed by atoms with Crippen LogP contribution in [0.25, 0.3) is 6.08 Å². The maximum atomic E-state index is 12.9. The third kappa shape index (κ3) is 5.32. The molecule has 0 unspecified atom stereocenters. The predicted molar refractivity (Wildman–Crippen MR) is 132 cm³/mol. The summed E-state index contributed by atoms with van der Waals surface area (Å²) in [6.45, 7) is 2.17. The number of aryl methyl sites for hydroxylation is 1. The Balaban J connectivity index is 1.51. The second-order valence-electron chi connectivity index (χ2n) is 7.56. The molecule has 4 rings (SSSR count). The Bertz CT molecular complexity index is 1300. The first-order valence-electron chi connectivity index (χ1n) is 10.3. The molecule has 0 aliphatic carbocycles. The number of hydrogen-bond donors (Lipinski definition) is 0. The van der Waals surface area contributed by atoms with Crippen molar-refractivity contribution in [2.45, 2.75) is 13.5 Å². The molecule has 0 N–H and O–H groups in total. The summed E-state index contributed by atoms with van der Waals surface area (Å²) in [6.07, 6.45) is 1.62. The summed E-state index contributed by atoms with van der Waals surface area (Å²) in [5.74, 6) is -0.365. The molecular weight excluding hydrogens is 474 g/mol. The van der Waals surface area contributed by atoms with Gasteiger partial charge in [-0.05, 0) is 72.3 Å². The van der Waals surface area contributed by atoms with Crippen molar-refractivity contribution < 1.29 is 23.9 Å². The van der Waals surface area contributed by atoms with E-state index in [1.165, 1.54) is 12.0 Å². The third-order valence-corrected chi connectivity index (χ3v) is 6.22. The monoisotopic (exact) mass is 493 g/mol. The van der Waals surface area contributed by atoms with Crippen molar-refractivity contribution in [2.75, 3.05) is 7.11 Å². The van der Waals surface area contributed by atoms with Gasteiger partial charge in [0.05, 0.1) is 24.1 Å². The van der Waals surface area contributed by atoms with Gasteiger partial charge in [-0.1, -0.05) is 47.5 Å². The van der Waals surface area contributed by atoms with Gasteiger partial charge in [0.1, 0.15) is 0 Å². The molecule has 0 atom stereocenters. The zero-order chi connectivity index (χ0) is 24.2. The standard InChI is InChI=1S/C26H20ClNO5S/c1-16-4-3-5-18(12-16)15-28-24(29)23(34-26(28)31)14-17-6-11-21(22(13-17)32-2)33-25(30)19-7-9-20(27)10-8-19/h3-14H,15H2,1-2H3/b23-14-. The molecule has 8 heteroatoms. The number of halogens is 1. The van der Waals surface area contributed by atoms with Crippen molar-refractivity contribution in [3.05, 3.63) is 98.9 Å². The fourth-order valence-corrected chi connectivity index (χ4v) is 4.35. The van der Waals surface area contributed by atoms with Crippen LogP contribution in [0.15, 0.2) is 71.6 Å². The van der Waals surface area contributed by atoms with Crippen LogP contribution in [0.4, 0.5) is 4.79 Å². The summed E-state index contributed by atoms with van der Waals surface area (Å²) in [5, 5.41) is 0.194. The summed E-state index contributed by atoms with van der Waals surface area (Å²) in [7, 11) is 1.45. The number of benzene rings is 3. The van der Waals surface area contributed by atoms with Gasteiger partial charge in [0.25, 0.3) is 11.1 Å². The van der Waals surface area contributed by atoms with Crippen molar-refractivity contribution in [1.29, 1.82) is 0 Å². The number of imide groups is 1. The van der Waals surface area contributed by atoms with Gasteiger partial charge in [-0.2, -0.15) is 0 Å². The molecule has 1 heterocycles. The number of nitrogens with zero attached hydrogens (tertiary/aromatic N) is 1. The number of carbonyl (C=O) groups is 3. The zero-order valence-electron chi connectivity index (χ0n) is 18.4. The fraction of sp³-hybridized carbons (Fsp3) is 0.115. The van der Waals surface area contributed by atoms with Gasteiger partial charge in [0.15, 0.2) is 11.5 Å². The molecule has 1 aliphatic rings. The van der Waals surface area contributed by atoms with Crippen molar-refractivity contribution >= 4 is 46.6 Å². The highest BCUT2D eigenvalue weighted by Gasteiger charge is 2.35. The van der Waals surface area contributed by atoms with Gasteiger partial charge in [-0.15, -0.1) is 0 Å². The van der Waals surface area contributed by atoms with E-state index < -0.39 is 5.97 Å². The Hall–Kier alpha value is -3.55. The molecule has 0 radical (unpaired) electrons. The first-order chi connectivity index (χ1) is 16.3. The van der Waals surface area contributed by atoms with Gasteiger partial charge in [0, 0.05) is 5.02 Å². The van der Waals surface area contributed by atoms with Crippen LogP contribution in [0.5, 0.6) is 11.5 Å². The molecule has 0 bridgehead atoms. The predicted octanol–water partition coefficient (Wildman–Crippen LogP) is 6.11. The molecule has 0 spiro atoms. The van der Waals surface area contributed by atoms with Gasteiger partial charge in [-0.3, -0.25) is 14.5 Å². The van der Waals surface area contributed by atoms with Crippen molar-refractivity contribution in [2.24, 2.45) is 0 Å². The van der Waals surface area contributed by atoms with Gasteiger partial charge < -0.3 is 9.47 Å². The van der Waals surface area contributed by atoms with E-state index in [1.807, 2.05) is 31.2 Å². The van der Waals surface area contributed by atoms with E-state index in [1.54, 1.807) is 48.5 Å². The minimum atomic E-state index is -0.556. The number of carbonyl (C=O) groups excluding carboxylic acids is 3. The number of amides is 2. The lowest BCUT2D eigenvalue weighted by molar-refractivity contribution is -0.123. The van der Waals surface area contributed by atoms with E-state index in [0.29, 0.717) is 26.8 Å². The SMILES string of the molecule is COc1cc(/C=C2\SC(=O)N(Cc3cccc(C)c3)C2=O)ccc1OC(=O)c1ccc(Cl)cc1. The molecule has 34 heavy (non-hydrogen) atoms. The highest BCUT2D eigenvalue weighted by atomic mass is 35.5. The average Bonchev–Trinajstić information content (AvgIpc) is 3.07. The summed E-state index contributed by atoms with van der Waals surface area (Å²) in [5.41, 5.74) is 2.92. The minimum Gasteiger partial charge on any atom is -0.493 e. The number of esters is 1. The molecule has 172 valence electrons. The third-order valence-electron chi connectivity index (χ3n) is 5.06. The summed E-state index contributed by atoms with van der Waals surface area (Å²) in [6, 6.07) is 18.9. The second-order valence-corrected chi connectivity index (χ2v) is 8.99. The van der Waals surface area contributed by atoms with Crippen LogP contribution < -0.4 is 9.47 Å². The maximum Gasteiger partial charge on any atom is 0.343 e. The number of rotatable bonds is 6. The minimum absolute atomic E-state index is 0.215. The maximum absolute atomic E-state index is 12.9. The Morgan fingerprint density at radius 2 is 1.79 bits per heavy atom. The normalized spacial score (nSPS) is 14.6. The largest absolute Gasteiger partial charge is 0.493 e. The van der Waals surface area contributed by atoms with E-state index in [0.717, 1.165) is 22.9 Å². The Morgan fingerprint density at radius 1 is 1.03 bits per heavy atom. The second kappa shape index (κ2) is 10.2. The molecular formula is C26H20ClNO5S. The fourth-order valence-electron chi connectivity index (χ4n) is 3.38. The molecule has 6 nitrogen and oxygen atoms in total. The lowest BCUT2D eigenvalue weighted by atomic mass is 10.1. The molecule has 2 amide bonds. The zero-order valence-corrected chi connectivity index (χ0v) is 20.0. The summed E-state index contributed by atoms with van der Waals surface area (Å²) < 4.78 is 10.8. The molecule has 0 saturated carbocycles. The Kier molecular flexibility index (Phi) is 7.05. The first kappa shape index (κ1) is 23.6. The van der Waals surface area contributed by atoms with Crippen LogP contribution in [0.2, 0.25) is 5.02 Å². The molecule has 0 aromatic heterocycles. The van der Waals surface area contributed by atoms with E-state index in [2.05, 4.69) is 0 Å².